The highest BCUT2D eigenvalue weighted by Gasteiger charge is 2.29. The molecular formula is C8H8F3NO. The van der Waals surface area contributed by atoms with Crippen molar-refractivity contribution in [1.82, 2.24) is 0 Å². The lowest BCUT2D eigenvalue weighted by atomic mass is 10.1. The van der Waals surface area contributed by atoms with Gasteiger partial charge in [0.2, 0.25) is 0 Å². The maximum Gasteiger partial charge on any atom is 0.416 e. The molecule has 5 heteroatoms. The molecule has 0 saturated heterocycles. The zero-order chi connectivity index (χ0) is 9.90. The molecule has 13 heavy (non-hydrogen) atoms. The normalized spacial score (nSPS) is 11.7. The number of halogens is 3. The van der Waals surface area contributed by atoms with Crippen LogP contribution >= 0.6 is 0 Å². The van der Waals surface area contributed by atoms with Crippen LogP contribution in [0, 0.1) is 5.21 Å². The van der Waals surface area contributed by atoms with Crippen molar-refractivity contribution in [3.63, 3.8) is 0 Å². The van der Waals surface area contributed by atoms with Gasteiger partial charge in [0.15, 0.2) is 0 Å². The smallest absolute Gasteiger partial charge is 0.416 e. The summed E-state index contributed by atoms with van der Waals surface area (Å²) in [6.45, 7) is 0.151. The van der Waals surface area contributed by atoms with Crippen LogP contribution in [0.25, 0.3) is 0 Å². The topological polar surface area (TPSA) is 39.7 Å². The average molecular weight is 191 g/mol. The van der Waals surface area contributed by atoms with Crippen molar-refractivity contribution in [1.29, 1.82) is 0 Å². The Hall–Kier alpha value is -1.07. The van der Waals surface area contributed by atoms with E-state index in [1.165, 1.54) is 12.1 Å². The van der Waals surface area contributed by atoms with Gasteiger partial charge in [-0.15, -0.1) is 0 Å². The SMILES string of the molecule is [O-][NH2+]Cc1ccc(C(F)(F)F)cc1. The van der Waals surface area contributed by atoms with E-state index in [1.54, 1.807) is 0 Å². The van der Waals surface area contributed by atoms with Crippen molar-refractivity contribution in [2.75, 3.05) is 0 Å². The van der Waals surface area contributed by atoms with Crippen molar-refractivity contribution < 1.29 is 18.7 Å². The van der Waals surface area contributed by atoms with E-state index < -0.39 is 11.7 Å². The molecule has 0 aliphatic heterocycles. The molecule has 0 radical (unpaired) electrons. The van der Waals surface area contributed by atoms with Gasteiger partial charge in [-0.3, -0.25) is 0 Å². The van der Waals surface area contributed by atoms with Gasteiger partial charge in [-0.2, -0.15) is 13.2 Å². The molecule has 72 valence electrons. The van der Waals surface area contributed by atoms with Crippen LogP contribution in [0.15, 0.2) is 24.3 Å². The van der Waals surface area contributed by atoms with Crippen LogP contribution in [0.4, 0.5) is 13.2 Å². The number of nitrogens with two attached hydrogens (primary N) is 1. The molecule has 0 atom stereocenters. The van der Waals surface area contributed by atoms with Gasteiger partial charge in [0.05, 0.1) is 5.56 Å². The molecule has 0 bridgehead atoms. The molecule has 1 rings (SSSR count). The molecule has 0 fully saturated rings. The Kier molecular flexibility index (Phi) is 2.90. The van der Waals surface area contributed by atoms with E-state index in [4.69, 9.17) is 0 Å². The van der Waals surface area contributed by atoms with Crippen molar-refractivity contribution in [3.05, 3.63) is 40.6 Å². The molecule has 1 aromatic carbocycles. The van der Waals surface area contributed by atoms with Gasteiger partial charge in [0, 0.05) is 5.56 Å². The first-order chi connectivity index (χ1) is 6.04. The Labute approximate surface area is 73.0 Å². The lowest BCUT2D eigenvalue weighted by Crippen LogP contribution is -2.75. The Bertz CT molecular complexity index is 268. The first-order valence-electron chi connectivity index (χ1n) is 3.64. The highest BCUT2D eigenvalue weighted by atomic mass is 19.4. The second kappa shape index (κ2) is 3.76. The Morgan fingerprint density at radius 2 is 1.69 bits per heavy atom. The minimum absolute atomic E-state index is 0.151. The summed E-state index contributed by atoms with van der Waals surface area (Å²) >= 11 is 0. The van der Waals surface area contributed by atoms with E-state index in [0.717, 1.165) is 12.1 Å². The van der Waals surface area contributed by atoms with Gasteiger partial charge in [-0.05, 0) is 12.1 Å². The summed E-state index contributed by atoms with van der Waals surface area (Å²) in [5, 5.41) is 10.0. The zero-order valence-electron chi connectivity index (χ0n) is 6.64. The average Bonchev–Trinajstić information content (AvgIpc) is 2.04. The molecule has 0 unspecified atom stereocenters. The molecule has 0 amide bonds. The maximum atomic E-state index is 12.0. The van der Waals surface area contributed by atoms with Crippen LogP contribution < -0.4 is 5.48 Å². The van der Waals surface area contributed by atoms with E-state index in [-0.39, 0.29) is 6.54 Å². The predicted octanol–water partition coefficient (Wildman–Crippen LogP) is 1.27. The highest BCUT2D eigenvalue weighted by Crippen LogP contribution is 2.28. The van der Waals surface area contributed by atoms with Gasteiger partial charge >= 0.3 is 6.18 Å². The summed E-state index contributed by atoms with van der Waals surface area (Å²) in [6.07, 6.45) is -4.31. The third-order valence-electron chi connectivity index (χ3n) is 1.60. The Morgan fingerprint density at radius 3 is 2.08 bits per heavy atom. The molecule has 0 aliphatic rings. The number of hydrogen-bond donors (Lipinski definition) is 1. The number of benzene rings is 1. The largest absolute Gasteiger partial charge is 0.636 e. The number of hydrogen-bond acceptors (Lipinski definition) is 1. The van der Waals surface area contributed by atoms with Crippen LogP contribution in [-0.4, -0.2) is 0 Å². The Morgan fingerprint density at radius 1 is 1.15 bits per heavy atom. The fourth-order valence-corrected chi connectivity index (χ4v) is 0.926. The number of alkyl halides is 3. The molecule has 0 aromatic heterocycles. The van der Waals surface area contributed by atoms with Crippen molar-refractivity contribution in [2.45, 2.75) is 12.7 Å². The lowest BCUT2D eigenvalue weighted by molar-refractivity contribution is -0.605. The van der Waals surface area contributed by atoms with Crippen molar-refractivity contribution in [2.24, 2.45) is 0 Å². The molecular weight excluding hydrogens is 183 g/mol. The molecule has 0 spiro atoms. The van der Waals surface area contributed by atoms with E-state index in [9.17, 15) is 18.4 Å². The molecule has 0 heterocycles. The molecule has 2 N–H and O–H groups in total. The second-order valence-corrected chi connectivity index (χ2v) is 2.57. The summed E-state index contributed by atoms with van der Waals surface area (Å²) in [6, 6.07) is 4.55. The van der Waals surface area contributed by atoms with E-state index >= 15 is 0 Å². The fourth-order valence-electron chi connectivity index (χ4n) is 0.926. The van der Waals surface area contributed by atoms with Gasteiger partial charge in [0.1, 0.15) is 6.54 Å². The zero-order valence-corrected chi connectivity index (χ0v) is 6.64. The van der Waals surface area contributed by atoms with Crippen LogP contribution in [-0.2, 0) is 12.7 Å². The van der Waals surface area contributed by atoms with Crippen LogP contribution in [0.2, 0.25) is 0 Å². The molecule has 0 saturated carbocycles. The minimum Gasteiger partial charge on any atom is -0.636 e. The standard InChI is InChI=1S/C8H8F3NO/c9-8(10,11)7-3-1-6(2-4-7)5-12-13/h1-4H,5,12H2. The summed E-state index contributed by atoms with van der Waals surface area (Å²) in [5.74, 6) is 0. The third kappa shape index (κ3) is 2.71. The van der Waals surface area contributed by atoms with E-state index in [1.807, 2.05) is 0 Å². The summed E-state index contributed by atoms with van der Waals surface area (Å²) < 4.78 is 36.1. The molecule has 0 aliphatic carbocycles. The first kappa shape index (κ1) is 10.0. The summed E-state index contributed by atoms with van der Waals surface area (Å²) in [7, 11) is 0. The van der Waals surface area contributed by atoms with Crippen molar-refractivity contribution in [3.8, 4) is 0 Å². The highest BCUT2D eigenvalue weighted by molar-refractivity contribution is 5.23. The number of quaternary nitrogens is 1. The van der Waals surface area contributed by atoms with Crippen LogP contribution in [0.3, 0.4) is 0 Å². The van der Waals surface area contributed by atoms with Crippen LogP contribution in [0.1, 0.15) is 11.1 Å². The predicted molar refractivity (Wildman–Crippen MR) is 40.4 cm³/mol. The Balaban J connectivity index is 2.81. The number of hydroxylamine groups is 1. The van der Waals surface area contributed by atoms with E-state index in [0.29, 0.717) is 11.0 Å². The van der Waals surface area contributed by atoms with Gasteiger partial charge in [-0.25, -0.2) is 0 Å². The van der Waals surface area contributed by atoms with Gasteiger partial charge < -0.3 is 10.7 Å². The fraction of sp³-hybridized carbons (Fsp3) is 0.250. The third-order valence-corrected chi connectivity index (χ3v) is 1.60. The summed E-state index contributed by atoms with van der Waals surface area (Å²) in [4.78, 5) is 0. The number of rotatable bonds is 2. The van der Waals surface area contributed by atoms with Crippen LogP contribution in [0.5, 0.6) is 0 Å². The molecule has 1 aromatic rings. The maximum absolute atomic E-state index is 12.0. The minimum atomic E-state index is -4.31. The monoisotopic (exact) mass is 191 g/mol. The first-order valence-corrected chi connectivity index (χ1v) is 3.64. The van der Waals surface area contributed by atoms with Crippen molar-refractivity contribution >= 4 is 0 Å². The summed E-state index contributed by atoms with van der Waals surface area (Å²) in [5.41, 5.74) is 0.549. The van der Waals surface area contributed by atoms with Gasteiger partial charge in [0.25, 0.3) is 0 Å². The quantitative estimate of drug-likeness (QED) is 0.702. The lowest BCUT2D eigenvalue weighted by Gasteiger charge is -2.07. The van der Waals surface area contributed by atoms with Gasteiger partial charge in [-0.1, -0.05) is 12.1 Å². The second-order valence-electron chi connectivity index (χ2n) is 2.57. The molecule has 2 nitrogen and oxygen atoms in total. The van der Waals surface area contributed by atoms with E-state index in [2.05, 4.69) is 0 Å².